The van der Waals surface area contributed by atoms with Gasteiger partial charge in [-0.25, -0.2) is 0 Å². The Morgan fingerprint density at radius 2 is 0.667 bits per heavy atom. The Kier molecular flexibility index (Phi) is 10.0. The van der Waals surface area contributed by atoms with Crippen molar-refractivity contribution in [2.45, 2.75) is 59.3 Å². The monoisotopic (exact) mass is 850 g/mol. The van der Waals surface area contributed by atoms with Gasteiger partial charge in [0.2, 0.25) is 0 Å². The maximum Gasteiger partial charge on any atom is 0.252 e. The molecule has 0 N–H and O–H groups in total. The minimum Gasteiger partial charge on any atom is -0.310 e. The van der Waals surface area contributed by atoms with Crippen molar-refractivity contribution in [3.05, 3.63) is 223 Å². The summed E-state index contributed by atoms with van der Waals surface area (Å²) in [6.45, 7) is 16.0. The Hall–Kier alpha value is -7.36. The third-order valence-electron chi connectivity index (χ3n) is 13.8. The number of anilines is 6. The van der Waals surface area contributed by atoms with Crippen LogP contribution in [0.1, 0.15) is 58.2 Å². The molecule has 0 spiro atoms. The number of aryl methyl sites for hydroxylation is 1. The summed E-state index contributed by atoms with van der Waals surface area (Å²) >= 11 is 0. The first kappa shape index (κ1) is 41.4. The summed E-state index contributed by atoms with van der Waals surface area (Å²) in [6, 6.07) is 77.4. The molecule has 11 rings (SSSR count). The molecule has 3 heteroatoms. The maximum absolute atomic E-state index is 2.61. The van der Waals surface area contributed by atoms with E-state index in [1.54, 1.807) is 0 Å². The fraction of sp³-hybridized carbons (Fsp3) is 0.143. The van der Waals surface area contributed by atoms with E-state index in [4.69, 9.17) is 0 Å². The van der Waals surface area contributed by atoms with Crippen LogP contribution >= 0.6 is 0 Å². The molecule has 0 radical (unpaired) electrons. The summed E-state index contributed by atoms with van der Waals surface area (Å²) in [5, 5.41) is 0. The third kappa shape index (κ3) is 6.97. The quantitative estimate of drug-likeness (QED) is 0.154. The van der Waals surface area contributed by atoms with Crippen molar-refractivity contribution in [3.63, 3.8) is 0 Å². The Morgan fingerprint density at radius 3 is 1.03 bits per heavy atom. The molecule has 2 aliphatic heterocycles. The zero-order valence-electron chi connectivity index (χ0n) is 39.1. The summed E-state index contributed by atoms with van der Waals surface area (Å²) in [4.78, 5) is 5.21. The molecule has 320 valence electrons. The molecule has 2 aliphatic rings. The van der Waals surface area contributed by atoms with Crippen molar-refractivity contribution >= 4 is 57.2 Å². The van der Waals surface area contributed by atoms with Crippen LogP contribution in [0.3, 0.4) is 0 Å². The number of nitrogens with zero attached hydrogens (tertiary/aromatic N) is 2. The summed E-state index contributed by atoms with van der Waals surface area (Å²) in [7, 11) is 0. The van der Waals surface area contributed by atoms with E-state index in [2.05, 4.69) is 265 Å². The Bertz CT molecular complexity index is 3050. The minimum atomic E-state index is 0.00677. The van der Waals surface area contributed by atoms with Crippen molar-refractivity contribution in [2.75, 3.05) is 9.80 Å². The summed E-state index contributed by atoms with van der Waals surface area (Å²) in [6.07, 6.45) is 0. The van der Waals surface area contributed by atoms with Gasteiger partial charge in [0.1, 0.15) is 0 Å². The van der Waals surface area contributed by atoms with Crippen LogP contribution in [0.5, 0.6) is 0 Å². The number of fused-ring (bicyclic) bond motifs is 4. The molecule has 0 fully saturated rings. The average Bonchev–Trinajstić information content (AvgIpc) is 3.33. The lowest BCUT2D eigenvalue weighted by atomic mass is 9.33. The van der Waals surface area contributed by atoms with Crippen molar-refractivity contribution in [3.8, 4) is 44.5 Å². The fourth-order valence-electron chi connectivity index (χ4n) is 10.6. The zero-order chi connectivity index (χ0) is 45.3. The molecule has 9 aromatic rings. The van der Waals surface area contributed by atoms with Gasteiger partial charge in [0, 0.05) is 45.0 Å². The van der Waals surface area contributed by atoms with Crippen LogP contribution in [0.2, 0.25) is 0 Å². The Morgan fingerprint density at radius 1 is 0.333 bits per heavy atom. The molecule has 0 saturated carbocycles. The molecule has 0 aliphatic carbocycles. The van der Waals surface area contributed by atoms with Gasteiger partial charge in [-0.15, -0.1) is 0 Å². The number of rotatable bonds is 6. The number of hydrogen-bond acceptors (Lipinski definition) is 2. The first-order chi connectivity index (χ1) is 32.0. The highest BCUT2D eigenvalue weighted by molar-refractivity contribution is 7.00. The van der Waals surface area contributed by atoms with E-state index in [-0.39, 0.29) is 17.5 Å². The average molecular weight is 851 g/mol. The smallest absolute Gasteiger partial charge is 0.252 e. The topological polar surface area (TPSA) is 6.48 Å². The van der Waals surface area contributed by atoms with Gasteiger partial charge in [-0.05, 0) is 97.4 Å². The van der Waals surface area contributed by atoms with Crippen molar-refractivity contribution < 1.29 is 0 Å². The molecule has 2 heterocycles. The van der Waals surface area contributed by atoms with E-state index in [1.807, 2.05) is 0 Å². The Balaban J connectivity index is 1.23. The lowest BCUT2D eigenvalue weighted by molar-refractivity contribution is 0.590. The van der Waals surface area contributed by atoms with E-state index >= 15 is 0 Å². The summed E-state index contributed by atoms with van der Waals surface area (Å²) in [5.41, 5.74) is 24.6. The third-order valence-corrected chi connectivity index (χ3v) is 13.8. The van der Waals surface area contributed by atoms with E-state index in [1.165, 1.54) is 112 Å². The largest absolute Gasteiger partial charge is 0.310 e. The predicted molar refractivity (Wildman–Crippen MR) is 284 cm³/mol. The van der Waals surface area contributed by atoms with Gasteiger partial charge < -0.3 is 9.80 Å². The van der Waals surface area contributed by atoms with Crippen molar-refractivity contribution in [1.29, 1.82) is 0 Å². The SMILES string of the molecule is Cc1cc2c3c(c1)N(c1c(-c4ccccc4)cccc1-c1ccc(C(C)(C)C)cc1)c1ccccc1B3c1ccccc1N2c1c(-c2ccccc2)cccc1-c1ccc(C(C)(C)C)cc1. The van der Waals surface area contributed by atoms with Gasteiger partial charge in [-0.2, -0.15) is 0 Å². The van der Waals surface area contributed by atoms with E-state index < -0.39 is 0 Å². The van der Waals surface area contributed by atoms with Crippen LogP contribution in [0, 0.1) is 6.92 Å². The first-order valence-electron chi connectivity index (χ1n) is 23.5. The second-order valence-corrected chi connectivity index (χ2v) is 20.2. The lowest BCUT2D eigenvalue weighted by Crippen LogP contribution is -2.61. The highest BCUT2D eigenvalue weighted by Crippen LogP contribution is 2.52. The first-order valence-corrected chi connectivity index (χ1v) is 23.5. The predicted octanol–water partition coefficient (Wildman–Crippen LogP) is 15.3. The second kappa shape index (κ2) is 16.0. The van der Waals surface area contributed by atoms with Crippen LogP contribution in [-0.4, -0.2) is 6.71 Å². The molecule has 0 atom stereocenters. The molecule has 2 nitrogen and oxygen atoms in total. The second-order valence-electron chi connectivity index (χ2n) is 20.2. The zero-order valence-corrected chi connectivity index (χ0v) is 39.1. The van der Waals surface area contributed by atoms with Gasteiger partial charge >= 0.3 is 0 Å². The molecular formula is C63H55BN2. The molecule has 0 amide bonds. The molecule has 0 aromatic heterocycles. The number of benzene rings is 9. The molecule has 0 bridgehead atoms. The van der Waals surface area contributed by atoms with Gasteiger partial charge in [-0.1, -0.05) is 224 Å². The number of para-hydroxylation sites is 4. The van der Waals surface area contributed by atoms with E-state index in [0.717, 1.165) is 0 Å². The van der Waals surface area contributed by atoms with Crippen LogP contribution < -0.4 is 26.2 Å². The summed E-state index contributed by atoms with van der Waals surface area (Å²) in [5.74, 6) is 0. The highest BCUT2D eigenvalue weighted by atomic mass is 15.2. The standard InChI is InChI=1S/C63H55BN2/c1-42-40-57-59-58(41-42)66(61-50(44-22-12-9-13-23-44)25-19-27-52(61)46-34-38-48(39-35-46)63(5,6)7)56-31-17-15-29-54(56)64(59)53-28-14-16-30-55(53)65(57)60-49(43-20-10-8-11-21-43)24-18-26-51(60)45-32-36-47(37-33-45)62(2,3)4/h8-41H,1-7H3. The maximum atomic E-state index is 2.61. The normalized spacial score (nSPS) is 13.0. The number of hydrogen-bond donors (Lipinski definition) is 0. The van der Waals surface area contributed by atoms with Crippen LogP contribution in [0.25, 0.3) is 44.5 Å². The van der Waals surface area contributed by atoms with Crippen LogP contribution in [0.4, 0.5) is 34.1 Å². The summed E-state index contributed by atoms with van der Waals surface area (Å²) < 4.78 is 0. The van der Waals surface area contributed by atoms with E-state index in [9.17, 15) is 0 Å². The van der Waals surface area contributed by atoms with E-state index in [0.29, 0.717) is 0 Å². The highest BCUT2D eigenvalue weighted by Gasteiger charge is 2.44. The van der Waals surface area contributed by atoms with Gasteiger partial charge in [0.15, 0.2) is 0 Å². The van der Waals surface area contributed by atoms with Crippen molar-refractivity contribution in [2.24, 2.45) is 0 Å². The Labute approximate surface area is 392 Å². The van der Waals surface area contributed by atoms with Gasteiger partial charge in [-0.3, -0.25) is 0 Å². The molecular weight excluding hydrogens is 796 g/mol. The lowest BCUT2D eigenvalue weighted by Gasteiger charge is -2.45. The van der Waals surface area contributed by atoms with Crippen LogP contribution in [-0.2, 0) is 10.8 Å². The van der Waals surface area contributed by atoms with Gasteiger partial charge in [0.25, 0.3) is 6.71 Å². The molecule has 9 aromatic carbocycles. The van der Waals surface area contributed by atoms with Crippen molar-refractivity contribution in [1.82, 2.24) is 0 Å². The fourth-order valence-corrected chi connectivity index (χ4v) is 10.6. The molecule has 0 saturated heterocycles. The van der Waals surface area contributed by atoms with Gasteiger partial charge in [0.05, 0.1) is 11.4 Å². The minimum absolute atomic E-state index is 0.00677. The molecule has 0 unspecified atom stereocenters. The van der Waals surface area contributed by atoms with Crippen LogP contribution in [0.15, 0.2) is 206 Å². The molecule has 66 heavy (non-hydrogen) atoms.